The van der Waals surface area contributed by atoms with Crippen molar-refractivity contribution in [3.63, 3.8) is 0 Å². The van der Waals surface area contributed by atoms with Crippen LogP contribution in [-0.2, 0) is 43.2 Å². The third kappa shape index (κ3) is 9.90. The number of para-hydroxylation sites is 1. The SMILES string of the molecule is NC(CCC(=O)O)C(=O)NC(Cc1ccc(O)cc1)C(=O)NC(Cc1ccccc1)C(=O)NC(Cc1c[nH]c2ccccc12)C(=O)O. The zero-order valence-electron chi connectivity index (χ0n) is 25.4. The van der Waals surface area contributed by atoms with Crippen LogP contribution in [0.2, 0.25) is 0 Å². The molecule has 0 aliphatic heterocycles. The summed E-state index contributed by atoms with van der Waals surface area (Å²) in [4.78, 5) is 66.7. The number of carbonyl (C=O) groups excluding carboxylic acids is 3. The van der Waals surface area contributed by atoms with Gasteiger partial charge in [0.25, 0.3) is 0 Å². The van der Waals surface area contributed by atoms with Crippen molar-refractivity contribution in [1.29, 1.82) is 0 Å². The van der Waals surface area contributed by atoms with E-state index in [0.717, 1.165) is 10.9 Å². The number of aromatic amines is 1. The van der Waals surface area contributed by atoms with Crippen molar-refractivity contribution in [3.05, 3.63) is 102 Å². The zero-order valence-corrected chi connectivity index (χ0v) is 25.4. The molecule has 47 heavy (non-hydrogen) atoms. The number of nitrogens with one attached hydrogen (secondary N) is 4. The van der Waals surface area contributed by atoms with Crippen LogP contribution < -0.4 is 21.7 Å². The minimum absolute atomic E-state index is 0.00491. The summed E-state index contributed by atoms with van der Waals surface area (Å²) >= 11 is 0. The molecule has 1 aromatic heterocycles. The number of aromatic hydroxyl groups is 1. The van der Waals surface area contributed by atoms with Gasteiger partial charge in [0.05, 0.1) is 6.04 Å². The Labute approximate surface area is 270 Å². The molecule has 13 nitrogen and oxygen atoms in total. The highest BCUT2D eigenvalue weighted by Gasteiger charge is 2.31. The van der Waals surface area contributed by atoms with Crippen LogP contribution in [0.1, 0.15) is 29.5 Å². The van der Waals surface area contributed by atoms with Crippen molar-refractivity contribution in [2.75, 3.05) is 0 Å². The molecule has 4 aromatic rings. The first-order chi connectivity index (χ1) is 22.5. The van der Waals surface area contributed by atoms with Crippen molar-refractivity contribution < 1.29 is 39.3 Å². The van der Waals surface area contributed by atoms with Gasteiger partial charge in [-0.25, -0.2) is 4.79 Å². The Hall–Kier alpha value is -5.69. The molecule has 0 saturated carbocycles. The molecule has 0 spiro atoms. The molecule has 246 valence electrons. The number of benzene rings is 3. The maximum absolute atomic E-state index is 13.8. The maximum Gasteiger partial charge on any atom is 0.326 e. The van der Waals surface area contributed by atoms with Gasteiger partial charge in [0.15, 0.2) is 0 Å². The lowest BCUT2D eigenvalue weighted by Crippen LogP contribution is -2.58. The second kappa shape index (κ2) is 16.0. The third-order valence-corrected chi connectivity index (χ3v) is 7.64. The van der Waals surface area contributed by atoms with Crippen molar-refractivity contribution in [2.45, 2.75) is 56.3 Å². The van der Waals surface area contributed by atoms with Crippen LogP contribution in [0.5, 0.6) is 5.75 Å². The molecule has 0 fully saturated rings. The highest BCUT2D eigenvalue weighted by molar-refractivity contribution is 5.94. The smallest absolute Gasteiger partial charge is 0.326 e. The Kier molecular flexibility index (Phi) is 11.7. The molecule has 9 N–H and O–H groups in total. The Morgan fingerprint density at radius 2 is 1.23 bits per heavy atom. The first kappa shape index (κ1) is 34.2. The van der Waals surface area contributed by atoms with Crippen molar-refractivity contribution in [2.24, 2.45) is 5.73 Å². The van der Waals surface area contributed by atoms with Crippen molar-refractivity contribution in [3.8, 4) is 5.75 Å². The number of carbonyl (C=O) groups is 5. The number of hydrogen-bond donors (Lipinski definition) is 8. The summed E-state index contributed by atoms with van der Waals surface area (Å²) in [7, 11) is 0. The van der Waals surface area contributed by atoms with E-state index < -0.39 is 53.8 Å². The molecule has 0 radical (unpaired) electrons. The third-order valence-electron chi connectivity index (χ3n) is 7.64. The Morgan fingerprint density at radius 3 is 1.85 bits per heavy atom. The molecule has 3 aromatic carbocycles. The van der Waals surface area contributed by atoms with Gasteiger partial charge in [-0.2, -0.15) is 0 Å². The van der Waals surface area contributed by atoms with Crippen LogP contribution in [-0.4, -0.2) is 74.1 Å². The van der Waals surface area contributed by atoms with Gasteiger partial charge in [0.2, 0.25) is 17.7 Å². The first-order valence-corrected chi connectivity index (χ1v) is 15.0. The van der Waals surface area contributed by atoms with Gasteiger partial charge in [-0.1, -0.05) is 60.7 Å². The van der Waals surface area contributed by atoms with Crippen LogP contribution in [0.15, 0.2) is 85.1 Å². The van der Waals surface area contributed by atoms with E-state index in [1.165, 1.54) is 12.1 Å². The van der Waals surface area contributed by atoms with E-state index in [-0.39, 0.29) is 37.9 Å². The average Bonchev–Trinajstić information content (AvgIpc) is 3.46. The molecule has 3 amide bonds. The van der Waals surface area contributed by atoms with Crippen LogP contribution >= 0.6 is 0 Å². The summed E-state index contributed by atoms with van der Waals surface area (Å²) in [5.41, 5.74) is 8.65. The number of carboxylic acids is 2. The second-order valence-corrected chi connectivity index (χ2v) is 11.2. The van der Waals surface area contributed by atoms with E-state index in [2.05, 4.69) is 20.9 Å². The standard InChI is InChI=1S/C34H37N5O8/c35-25(14-15-30(41)42)31(43)37-27(17-21-10-12-23(40)13-11-21)32(44)38-28(16-20-6-2-1-3-7-20)33(45)39-29(34(46)47)18-22-19-36-26-9-5-4-8-24(22)26/h1-13,19,25,27-29,36,40H,14-18,35H2,(H,37,43)(H,38,44)(H,39,45)(H,41,42)(H,46,47). The Balaban J connectivity index is 1.56. The number of hydrogen-bond acceptors (Lipinski definition) is 7. The number of aliphatic carboxylic acids is 2. The zero-order chi connectivity index (χ0) is 33.9. The van der Waals surface area contributed by atoms with Crippen LogP contribution in [0.4, 0.5) is 0 Å². The summed E-state index contributed by atoms with van der Waals surface area (Å²) < 4.78 is 0. The molecular formula is C34H37N5O8. The maximum atomic E-state index is 13.8. The van der Waals surface area contributed by atoms with Crippen LogP contribution in [0, 0.1) is 0 Å². The molecule has 1 heterocycles. The highest BCUT2D eigenvalue weighted by atomic mass is 16.4. The quantitative estimate of drug-likeness (QED) is 0.0887. The molecule has 0 bridgehead atoms. The summed E-state index contributed by atoms with van der Waals surface area (Å²) in [6.45, 7) is 0. The molecule has 0 aliphatic rings. The minimum atomic E-state index is -1.32. The summed E-state index contributed by atoms with van der Waals surface area (Å²) in [6.07, 6.45) is 1.10. The Morgan fingerprint density at radius 1 is 0.681 bits per heavy atom. The number of aromatic nitrogens is 1. The number of nitrogens with two attached hydrogens (primary N) is 1. The van der Waals surface area contributed by atoms with Gasteiger partial charge in [0.1, 0.15) is 23.9 Å². The summed E-state index contributed by atoms with van der Waals surface area (Å²) in [5.74, 6) is -4.67. The van der Waals surface area contributed by atoms with Crippen LogP contribution in [0.25, 0.3) is 10.9 Å². The molecule has 0 saturated heterocycles. The number of fused-ring (bicyclic) bond motifs is 1. The van der Waals surface area contributed by atoms with E-state index in [9.17, 15) is 34.2 Å². The van der Waals surface area contributed by atoms with Gasteiger partial charge >= 0.3 is 11.9 Å². The fraction of sp³-hybridized carbons (Fsp3) is 0.265. The van der Waals surface area contributed by atoms with E-state index >= 15 is 0 Å². The normalized spacial score (nSPS) is 13.6. The first-order valence-electron chi connectivity index (χ1n) is 15.0. The fourth-order valence-electron chi connectivity index (χ4n) is 5.09. The lowest BCUT2D eigenvalue weighted by Gasteiger charge is -2.25. The van der Waals surface area contributed by atoms with Crippen molar-refractivity contribution in [1.82, 2.24) is 20.9 Å². The van der Waals surface area contributed by atoms with Crippen LogP contribution in [0.3, 0.4) is 0 Å². The lowest BCUT2D eigenvalue weighted by atomic mass is 10.0. The number of phenolic OH excluding ortho intramolecular Hbond substituents is 1. The van der Waals surface area contributed by atoms with E-state index in [0.29, 0.717) is 16.7 Å². The molecule has 4 unspecified atom stereocenters. The molecule has 4 atom stereocenters. The molecular weight excluding hydrogens is 606 g/mol. The molecule has 0 aliphatic carbocycles. The van der Waals surface area contributed by atoms with Gasteiger partial charge in [-0.15, -0.1) is 0 Å². The van der Waals surface area contributed by atoms with Gasteiger partial charge in [-0.05, 0) is 41.3 Å². The second-order valence-electron chi connectivity index (χ2n) is 11.2. The summed E-state index contributed by atoms with van der Waals surface area (Å²) in [5, 5.41) is 37.3. The predicted molar refractivity (Wildman–Crippen MR) is 172 cm³/mol. The van der Waals surface area contributed by atoms with E-state index in [1.807, 2.05) is 24.3 Å². The molecule has 13 heteroatoms. The monoisotopic (exact) mass is 643 g/mol. The summed E-state index contributed by atoms with van der Waals surface area (Å²) in [6, 6.07) is 17.1. The number of carboxylic acid groups (broad SMARTS) is 2. The topological polar surface area (TPSA) is 224 Å². The average molecular weight is 644 g/mol. The number of amides is 3. The number of rotatable bonds is 16. The van der Waals surface area contributed by atoms with Gasteiger partial charge in [0, 0.05) is 42.8 Å². The highest BCUT2D eigenvalue weighted by Crippen LogP contribution is 2.19. The fourth-order valence-corrected chi connectivity index (χ4v) is 5.09. The minimum Gasteiger partial charge on any atom is -0.508 e. The predicted octanol–water partition coefficient (Wildman–Crippen LogP) is 1.63. The number of phenols is 1. The largest absolute Gasteiger partial charge is 0.508 e. The number of H-pyrrole nitrogens is 1. The van der Waals surface area contributed by atoms with Crippen molar-refractivity contribution >= 4 is 40.6 Å². The van der Waals surface area contributed by atoms with Gasteiger partial charge in [-0.3, -0.25) is 19.2 Å². The Bertz CT molecular complexity index is 1710. The van der Waals surface area contributed by atoms with E-state index in [4.69, 9.17) is 10.8 Å². The van der Waals surface area contributed by atoms with E-state index in [1.54, 1.807) is 48.7 Å². The molecule has 4 rings (SSSR count). The van der Waals surface area contributed by atoms with Gasteiger partial charge < -0.3 is 42.0 Å². The lowest BCUT2D eigenvalue weighted by molar-refractivity contribution is -0.142.